The largest absolute Gasteiger partial charge is 0.414 e. The van der Waals surface area contributed by atoms with Crippen molar-refractivity contribution in [3.63, 3.8) is 0 Å². The van der Waals surface area contributed by atoms with Crippen LogP contribution >= 0.6 is 0 Å². The van der Waals surface area contributed by atoms with E-state index in [9.17, 15) is 0 Å². The fraction of sp³-hybridized carbons (Fsp3) is 0.650. The standard InChI is InChI=1S/C20H34N4OSi/c1-20(2,3)26(5,6)25-16-9-7-15(8-10-16)22-19-12-18-14(11-17(19)21)13-24(4)23-18/h11-13,15-16,22H,7-10,21H2,1-6H3. The zero-order valence-corrected chi connectivity index (χ0v) is 18.1. The molecule has 5 nitrogen and oxygen atoms in total. The molecule has 1 heterocycles. The van der Waals surface area contributed by atoms with Crippen molar-refractivity contribution in [1.82, 2.24) is 9.78 Å². The van der Waals surface area contributed by atoms with Gasteiger partial charge in [0, 0.05) is 30.8 Å². The van der Waals surface area contributed by atoms with Crippen LogP contribution in [0.5, 0.6) is 0 Å². The fourth-order valence-corrected chi connectivity index (χ4v) is 4.90. The number of fused-ring (bicyclic) bond motifs is 1. The van der Waals surface area contributed by atoms with Crippen LogP contribution in [0.2, 0.25) is 18.1 Å². The molecule has 0 spiro atoms. The normalized spacial score (nSPS) is 21.9. The summed E-state index contributed by atoms with van der Waals surface area (Å²) in [7, 11) is 0.261. The van der Waals surface area contributed by atoms with Crippen molar-refractivity contribution < 1.29 is 4.43 Å². The molecule has 1 aromatic heterocycles. The Hall–Kier alpha value is -1.53. The van der Waals surface area contributed by atoms with E-state index < -0.39 is 8.32 Å². The van der Waals surface area contributed by atoms with E-state index in [0.717, 1.165) is 48.0 Å². The van der Waals surface area contributed by atoms with Gasteiger partial charge in [-0.2, -0.15) is 5.10 Å². The van der Waals surface area contributed by atoms with Crippen molar-refractivity contribution in [1.29, 1.82) is 0 Å². The number of anilines is 2. The Balaban J connectivity index is 1.60. The van der Waals surface area contributed by atoms with E-state index >= 15 is 0 Å². The van der Waals surface area contributed by atoms with Crippen molar-refractivity contribution in [3.8, 4) is 0 Å². The van der Waals surface area contributed by atoms with Crippen LogP contribution in [-0.2, 0) is 11.5 Å². The number of hydrogen-bond donors (Lipinski definition) is 2. The van der Waals surface area contributed by atoms with Gasteiger partial charge >= 0.3 is 0 Å². The van der Waals surface area contributed by atoms with Gasteiger partial charge in [0.2, 0.25) is 0 Å². The summed E-state index contributed by atoms with van der Waals surface area (Å²) in [5.41, 5.74) is 9.04. The summed E-state index contributed by atoms with van der Waals surface area (Å²) >= 11 is 0. The molecule has 1 fully saturated rings. The van der Waals surface area contributed by atoms with Crippen LogP contribution in [0.4, 0.5) is 11.4 Å². The molecule has 2 aromatic rings. The van der Waals surface area contributed by atoms with Gasteiger partial charge in [0.15, 0.2) is 8.32 Å². The molecule has 1 aliphatic carbocycles. The van der Waals surface area contributed by atoms with Gasteiger partial charge in [0.25, 0.3) is 0 Å². The molecular weight excluding hydrogens is 340 g/mol. The molecule has 26 heavy (non-hydrogen) atoms. The Morgan fingerprint density at radius 1 is 1.19 bits per heavy atom. The van der Waals surface area contributed by atoms with E-state index in [2.05, 4.69) is 50.3 Å². The molecule has 0 unspecified atom stereocenters. The average Bonchev–Trinajstić information content (AvgIpc) is 2.87. The number of nitrogens with two attached hydrogens (primary N) is 1. The highest BCUT2D eigenvalue weighted by Crippen LogP contribution is 2.39. The van der Waals surface area contributed by atoms with Crippen LogP contribution in [0, 0.1) is 0 Å². The van der Waals surface area contributed by atoms with Gasteiger partial charge in [-0.15, -0.1) is 0 Å². The first-order valence-electron chi connectivity index (χ1n) is 9.72. The van der Waals surface area contributed by atoms with Gasteiger partial charge in [0.05, 0.1) is 16.9 Å². The lowest BCUT2D eigenvalue weighted by atomic mass is 9.93. The van der Waals surface area contributed by atoms with Gasteiger partial charge in [-0.1, -0.05) is 20.8 Å². The van der Waals surface area contributed by atoms with E-state index in [1.165, 1.54) is 0 Å². The number of nitrogen functional groups attached to an aromatic ring is 1. The summed E-state index contributed by atoms with van der Waals surface area (Å²) in [5, 5.41) is 9.49. The Bertz CT molecular complexity index is 770. The molecule has 0 radical (unpaired) electrons. The number of hydrogen-bond acceptors (Lipinski definition) is 4. The van der Waals surface area contributed by atoms with Crippen molar-refractivity contribution >= 4 is 30.6 Å². The Labute approximate surface area is 158 Å². The smallest absolute Gasteiger partial charge is 0.192 e. The summed E-state index contributed by atoms with van der Waals surface area (Å²) in [4.78, 5) is 0. The molecule has 0 amide bonds. The van der Waals surface area contributed by atoms with Crippen LogP contribution in [0.15, 0.2) is 18.3 Å². The molecule has 3 N–H and O–H groups in total. The van der Waals surface area contributed by atoms with E-state index in [0.29, 0.717) is 12.1 Å². The van der Waals surface area contributed by atoms with Gasteiger partial charge in [0.1, 0.15) is 0 Å². The summed E-state index contributed by atoms with van der Waals surface area (Å²) in [5.74, 6) is 0. The minimum atomic E-state index is -1.68. The second kappa shape index (κ2) is 6.89. The van der Waals surface area contributed by atoms with Crippen LogP contribution in [-0.4, -0.2) is 30.2 Å². The van der Waals surface area contributed by atoms with Crippen molar-refractivity contribution in [2.75, 3.05) is 11.1 Å². The van der Waals surface area contributed by atoms with E-state index in [4.69, 9.17) is 10.2 Å². The molecule has 144 valence electrons. The number of aryl methyl sites for hydroxylation is 1. The molecule has 0 aliphatic heterocycles. The third kappa shape index (κ3) is 4.07. The van der Waals surface area contributed by atoms with E-state index in [1.807, 2.05) is 24.0 Å². The summed E-state index contributed by atoms with van der Waals surface area (Å²) < 4.78 is 8.43. The maximum atomic E-state index is 6.60. The van der Waals surface area contributed by atoms with Gasteiger partial charge in [-0.05, 0) is 55.9 Å². The summed E-state index contributed by atoms with van der Waals surface area (Å²) in [6.07, 6.45) is 6.90. The van der Waals surface area contributed by atoms with Crippen molar-refractivity contribution in [2.24, 2.45) is 7.05 Å². The molecular formula is C20H34N4OSi. The third-order valence-electron chi connectivity index (χ3n) is 6.09. The lowest BCUT2D eigenvalue weighted by Crippen LogP contribution is -2.45. The molecule has 1 aliphatic rings. The second-order valence-electron chi connectivity index (χ2n) is 9.30. The predicted molar refractivity (Wildman–Crippen MR) is 113 cm³/mol. The average molecular weight is 375 g/mol. The van der Waals surface area contributed by atoms with Crippen molar-refractivity contribution in [2.45, 2.75) is 76.7 Å². The number of rotatable bonds is 4. The predicted octanol–water partition coefficient (Wildman–Crippen LogP) is 4.90. The Morgan fingerprint density at radius 3 is 2.46 bits per heavy atom. The third-order valence-corrected chi connectivity index (χ3v) is 10.6. The van der Waals surface area contributed by atoms with Crippen LogP contribution in [0.1, 0.15) is 46.5 Å². The zero-order chi connectivity index (χ0) is 19.1. The van der Waals surface area contributed by atoms with Crippen LogP contribution in [0.25, 0.3) is 10.9 Å². The van der Waals surface area contributed by atoms with Crippen LogP contribution < -0.4 is 11.1 Å². The summed E-state index contributed by atoms with van der Waals surface area (Å²) in [6.45, 7) is 11.6. The molecule has 0 atom stereocenters. The van der Waals surface area contributed by atoms with Crippen LogP contribution in [0.3, 0.4) is 0 Å². The van der Waals surface area contributed by atoms with Gasteiger partial charge in [-0.25, -0.2) is 0 Å². The lowest BCUT2D eigenvalue weighted by molar-refractivity contribution is 0.133. The number of benzene rings is 1. The highest BCUT2D eigenvalue weighted by Gasteiger charge is 2.39. The highest BCUT2D eigenvalue weighted by molar-refractivity contribution is 6.74. The van der Waals surface area contributed by atoms with Crippen molar-refractivity contribution in [3.05, 3.63) is 18.3 Å². The highest BCUT2D eigenvalue weighted by atomic mass is 28.4. The number of nitrogens with one attached hydrogen (secondary N) is 1. The molecule has 0 saturated heterocycles. The summed E-state index contributed by atoms with van der Waals surface area (Å²) in [6, 6.07) is 4.54. The molecule has 0 bridgehead atoms. The first-order chi connectivity index (χ1) is 12.0. The Morgan fingerprint density at radius 2 is 1.85 bits per heavy atom. The topological polar surface area (TPSA) is 65.1 Å². The number of nitrogens with zero attached hydrogens (tertiary/aromatic N) is 2. The molecule has 3 rings (SSSR count). The van der Waals surface area contributed by atoms with Gasteiger partial charge < -0.3 is 15.5 Å². The van der Waals surface area contributed by atoms with Gasteiger partial charge in [-0.3, -0.25) is 4.68 Å². The quantitative estimate of drug-likeness (QED) is 0.590. The second-order valence-corrected chi connectivity index (χ2v) is 14.1. The maximum Gasteiger partial charge on any atom is 0.192 e. The molecule has 1 aromatic carbocycles. The molecule has 1 saturated carbocycles. The maximum absolute atomic E-state index is 6.60. The minimum absolute atomic E-state index is 0.272. The molecule has 6 heteroatoms. The fourth-order valence-electron chi connectivity index (χ4n) is 3.48. The monoisotopic (exact) mass is 374 g/mol. The minimum Gasteiger partial charge on any atom is -0.414 e. The SMILES string of the molecule is Cn1cc2cc(N)c(NC3CCC(O[Si](C)(C)C(C)(C)C)CC3)cc2n1. The first-order valence-corrected chi connectivity index (χ1v) is 12.6. The van der Waals surface area contributed by atoms with E-state index in [-0.39, 0.29) is 5.04 Å². The van der Waals surface area contributed by atoms with E-state index in [1.54, 1.807) is 0 Å². The number of aromatic nitrogens is 2. The Kier molecular flexibility index (Phi) is 5.10. The first kappa shape index (κ1) is 19.2. The zero-order valence-electron chi connectivity index (χ0n) is 17.1. The lowest BCUT2D eigenvalue weighted by Gasteiger charge is -2.41.